The van der Waals surface area contributed by atoms with Gasteiger partial charge in [0.2, 0.25) is 0 Å². The molecule has 3 rings (SSSR count). The predicted molar refractivity (Wildman–Crippen MR) is 105 cm³/mol. The monoisotopic (exact) mass is 336 g/mol. The number of hydrogen-bond donors (Lipinski definition) is 0. The van der Waals surface area contributed by atoms with Crippen molar-refractivity contribution in [2.45, 2.75) is 58.3 Å². The first kappa shape index (κ1) is 17.9. The summed E-state index contributed by atoms with van der Waals surface area (Å²) in [5.74, 6) is 1.28. The number of hydrogen-bond acceptors (Lipinski definition) is 0. The van der Waals surface area contributed by atoms with Gasteiger partial charge in [-0.05, 0) is 67.2 Å². The zero-order chi connectivity index (χ0) is 17.6. The highest BCUT2D eigenvalue weighted by atomic mass is 19.1. The van der Waals surface area contributed by atoms with Gasteiger partial charge in [-0.3, -0.25) is 0 Å². The molecule has 1 heteroatoms. The van der Waals surface area contributed by atoms with E-state index in [-0.39, 0.29) is 5.82 Å². The smallest absolute Gasteiger partial charge is 0.131 e. The molecule has 1 fully saturated rings. The van der Waals surface area contributed by atoms with Crippen LogP contribution in [-0.4, -0.2) is 0 Å². The van der Waals surface area contributed by atoms with E-state index >= 15 is 0 Å². The van der Waals surface area contributed by atoms with E-state index in [0.29, 0.717) is 11.5 Å². The number of benzene rings is 2. The molecule has 1 aliphatic carbocycles. The standard InChI is InChI=1S/C24H29F/c1-3-4-5-6-19-9-13-21(14-10-19)23-16-15-22(17-24(23)25)20-11-7-18(2)8-12-20/h3-4,9-10,13-18,20H,5-8,11-12H2,1-2H3/b4-3+. The van der Waals surface area contributed by atoms with E-state index in [1.807, 2.05) is 25.1 Å². The highest BCUT2D eigenvalue weighted by Crippen LogP contribution is 2.37. The Hall–Kier alpha value is -1.89. The summed E-state index contributed by atoms with van der Waals surface area (Å²) in [7, 11) is 0. The van der Waals surface area contributed by atoms with E-state index < -0.39 is 0 Å². The number of aryl methyl sites for hydroxylation is 1. The van der Waals surface area contributed by atoms with Crippen LogP contribution in [0.3, 0.4) is 0 Å². The fraction of sp³-hybridized carbons (Fsp3) is 0.417. The Morgan fingerprint density at radius 3 is 2.36 bits per heavy atom. The first-order valence-electron chi connectivity index (χ1n) is 9.67. The topological polar surface area (TPSA) is 0 Å². The molecule has 2 aromatic carbocycles. The summed E-state index contributed by atoms with van der Waals surface area (Å²) in [5, 5.41) is 0. The maximum atomic E-state index is 14.7. The number of allylic oxidation sites excluding steroid dienone is 2. The van der Waals surface area contributed by atoms with Crippen LogP contribution >= 0.6 is 0 Å². The van der Waals surface area contributed by atoms with Gasteiger partial charge in [0.15, 0.2) is 0 Å². The largest absolute Gasteiger partial charge is 0.206 e. The maximum Gasteiger partial charge on any atom is 0.131 e. The molecule has 0 aromatic heterocycles. The van der Waals surface area contributed by atoms with Gasteiger partial charge in [0.25, 0.3) is 0 Å². The summed E-state index contributed by atoms with van der Waals surface area (Å²) in [6.07, 6.45) is 11.3. The Morgan fingerprint density at radius 1 is 1.00 bits per heavy atom. The normalized spacial score (nSPS) is 20.9. The summed E-state index contributed by atoms with van der Waals surface area (Å²) in [6, 6.07) is 14.2. The quantitative estimate of drug-likeness (QED) is 0.503. The molecule has 132 valence electrons. The first-order chi connectivity index (χ1) is 12.2. The number of rotatable bonds is 5. The molecule has 0 spiro atoms. The van der Waals surface area contributed by atoms with E-state index in [2.05, 4.69) is 37.3 Å². The molecule has 0 heterocycles. The van der Waals surface area contributed by atoms with Crippen LogP contribution in [0.1, 0.15) is 63.0 Å². The second kappa shape index (κ2) is 8.47. The molecule has 2 aromatic rings. The van der Waals surface area contributed by atoms with E-state index in [1.165, 1.54) is 36.8 Å². The lowest BCUT2D eigenvalue weighted by atomic mass is 9.79. The molecule has 0 atom stereocenters. The van der Waals surface area contributed by atoms with E-state index in [9.17, 15) is 4.39 Å². The third kappa shape index (κ3) is 4.60. The molecule has 0 saturated heterocycles. The fourth-order valence-electron chi connectivity index (χ4n) is 3.88. The second-order valence-electron chi connectivity index (χ2n) is 7.50. The SMILES string of the molecule is C/C=C/CCc1ccc(-c2ccc(C3CCC(C)CC3)cc2F)cc1. The lowest BCUT2D eigenvalue weighted by Crippen LogP contribution is -2.11. The van der Waals surface area contributed by atoms with Gasteiger partial charge in [0.05, 0.1) is 0 Å². The Balaban J connectivity index is 1.72. The Bertz CT molecular complexity index is 703. The van der Waals surface area contributed by atoms with Crippen molar-refractivity contribution in [1.82, 2.24) is 0 Å². The zero-order valence-corrected chi connectivity index (χ0v) is 15.5. The van der Waals surface area contributed by atoms with Crippen molar-refractivity contribution in [1.29, 1.82) is 0 Å². The van der Waals surface area contributed by atoms with Crippen molar-refractivity contribution in [2.75, 3.05) is 0 Å². The van der Waals surface area contributed by atoms with E-state index in [4.69, 9.17) is 0 Å². The molecule has 0 aliphatic heterocycles. The maximum absolute atomic E-state index is 14.7. The lowest BCUT2D eigenvalue weighted by molar-refractivity contribution is 0.347. The second-order valence-corrected chi connectivity index (χ2v) is 7.50. The minimum Gasteiger partial charge on any atom is -0.206 e. The molecule has 0 amide bonds. The lowest BCUT2D eigenvalue weighted by Gasteiger charge is -2.26. The van der Waals surface area contributed by atoms with Gasteiger partial charge in [0, 0.05) is 5.56 Å². The van der Waals surface area contributed by atoms with Crippen molar-refractivity contribution < 1.29 is 4.39 Å². The molecule has 25 heavy (non-hydrogen) atoms. The van der Waals surface area contributed by atoms with Crippen LogP contribution < -0.4 is 0 Å². The Labute approximate surface area is 151 Å². The van der Waals surface area contributed by atoms with Crippen LogP contribution in [0.15, 0.2) is 54.6 Å². The van der Waals surface area contributed by atoms with Crippen molar-refractivity contribution >= 4 is 0 Å². The predicted octanol–water partition coefficient (Wildman–Crippen LogP) is 7.30. The van der Waals surface area contributed by atoms with Gasteiger partial charge in [-0.1, -0.05) is 68.3 Å². The van der Waals surface area contributed by atoms with E-state index in [0.717, 1.165) is 24.3 Å². The van der Waals surface area contributed by atoms with Crippen molar-refractivity contribution in [3.05, 3.63) is 71.6 Å². The third-order valence-electron chi connectivity index (χ3n) is 5.58. The van der Waals surface area contributed by atoms with Crippen LogP contribution in [0.2, 0.25) is 0 Å². The van der Waals surface area contributed by atoms with Gasteiger partial charge in [-0.25, -0.2) is 4.39 Å². The molecule has 0 radical (unpaired) electrons. The first-order valence-corrected chi connectivity index (χ1v) is 9.67. The summed E-state index contributed by atoms with van der Waals surface area (Å²) in [6.45, 7) is 4.37. The van der Waals surface area contributed by atoms with Gasteiger partial charge in [-0.2, -0.15) is 0 Å². The van der Waals surface area contributed by atoms with Crippen LogP contribution in [0, 0.1) is 11.7 Å². The molecule has 0 unspecified atom stereocenters. The van der Waals surface area contributed by atoms with Crippen molar-refractivity contribution in [2.24, 2.45) is 5.92 Å². The van der Waals surface area contributed by atoms with Gasteiger partial charge >= 0.3 is 0 Å². The minimum atomic E-state index is -0.0854. The van der Waals surface area contributed by atoms with Crippen molar-refractivity contribution in [3.63, 3.8) is 0 Å². The molecule has 0 bridgehead atoms. The van der Waals surface area contributed by atoms with Gasteiger partial charge in [0.1, 0.15) is 5.82 Å². The highest BCUT2D eigenvalue weighted by Gasteiger charge is 2.20. The van der Waals surface area contributed by atoms with Crippen molar-refractivity contribution in [3.8, 4) is 11.1 Å². The van der Waals surface area contributed by atoms with Crippen LogP contribution in [0.5, 0.6) is 0 Å². The molecular weight excluding hydrogens is 307 g/mol. The van der Waals surface area contributed by atoms with Gasteiger partial charge in [-0.15, -0.1) is 0 Å². The minimum absolute atomic E-state index is 0.0854. The Morgan fingerprint density at radius 2 is 1.72 bits per heavy atom. The summed E-state index contributed by atoms with van der Waals surface area (Å²) in [5.41, 5.74) is 4.16. The summed E-state index contributed by atoms with van der Waals surface area (Å²) in [4.78, 5) is 0. The molecule has 1 saturated carbocycles. The van der Waals surface area contributed by atoms with Crippen LogP contribution in [-0.2, 0) is 6.42 Å². The van der Waals surface area contributed by atoms with Crippen LogP contribution in [0.25, 0.3) is 11.1 Å². The third-order valence-corrected chi connectivity index (χ3v) is 5.58. The number of halogens is 1. The average molecular weight is 336 g/mol. The Kier molecular flexibility index (Phi) is 6.07. The molecule has 1 aliphatic rings. The molecule has 0 nitrogen and oxygen atoms in total. The molecule has 0 N–H and O–H groups in total. The fourth-order valence-corrected chi connectivity index (χ4v) is 3.88. The summed E-state index contributed by atoms with van der Waals surface area (Å²) >= 11 is 0. The highest BCUT2D eigenvalue weighted by molar-refractivity contribution is 5.65. The average Bonchev–Trinajstić information content (AvgIpc) is 2.63. The summed E-state index contributed by atoms with van der Waals surface area (Å²) < 4.78 is 14.7. The molecular formula is C24H29F. The van der Waals surface area contributed by atoms with Gasteiger partial charge < -0.3 is 0 Å². The van der Waals surface area contributed by atoms with Crippen LogP contribution in [0.4, 0.5) is 4.39 Å². The van der Waals surface area contributed by atoms with E-state index in [1.54, 1.807) is 6.07 Å². The zero-order valence-electron chi connectivity index (χ0n) is 15.5.